The van der Waals surface area contributed by atoms with Crippen molar-refractivity contribution in [1.29, 1.82) is 0 Å². The number of rotatable bonds is 8. The van der Waals surface area contributed by atoms with Crippen LogP contribution in [-0.4, -0.2) is 37.3 Å². The number of hydrogen-bond donors (Lipinski definition) is 1. The molecule has 0 aliphatic carbocycles. The second kappa shape index (κ2) is 9.08. The van der Waals surface area contributed by atoms with Gasteiger partial charge in [-0.2, -0.15) is 4.98 Å². The van der Waals surface area contributed by atoms with Crippen LogP contribution in [0.25, 0.3) is 11.4 Å². The van der Waals surface area contributed by atoms with Crippen molar-refractivity contribution in [3.63, 3.8) is 0 Å². The van der Waals surface area contributed by atoms with Gasteiger partial charge >= 0.3 is 0 Å². The smallest absolute Gasteiger partial charge is 0.246 e. The molecule has 3 rings (SSSR count). The number of benzene rings is 2. The largest absolute Gasteiger partial charge is 0.345 e. The molecule has 158 valence electrons. The average molecular weight is 429 g/mol. The predicted molar refractivity (Wildman–Crippen MR) is 114 cm³/mol. The Labute approximate surface area is 176 Å². The minimum atomic E-state index is -3.64. The maximum Gasteiger partial charge on any atom is 0.246 e. The van der Waals surface area contributed by atoms with Crippen LogP contribution in [0.1, 0.15) is 31.2 Å². The predicted octanol–water partition coefficient (Wildman–Crippen LogP) is 2.94. The molecule has 0 radical (unpaired) electrons. The van der Waals surface area contributed by atoms with Gasteiger partial charge in [0.1, 0.15) is 6.54 Å². The molecule has 0 saturated carbocycles. The van der Waals surface area contributed by atoms with E-state index in [9.17, 15) is 13.2 Å². The SMILES string of the molecule is CC(C)c1ccc(N(CC(=O)NCc2nc(-c3ccccc3)no2)S(C)(=O)=O)cc1. The Bertz CT molecular complexity index is 1090. The van der Waals surface area contributed by atoms with Crippen molar-refractivity contribution in [2.45, 2.75) is 26.3 Å². The summed E-state index contributed by atoms with van der Waals surface area (Å²) in [6.07, 6.45) is 1.07. The van der Waals surface area contributed by atoms with Gasteiger partial charge in [0.2, 0.25) is 27.6 Å². The lowest BCUT2D eigenvalue weighted by Gasteiger charge is -2.22. The standard InChI is InChI=1S/C21H24N4O4S/c1-15(2)16-9-11-18(12-10-16)25(30(3,27)28)14-19(26)22-13-20-23-21(24-29-20)17-7-5-4-6-8-17/h4-12,15H,13-14H2,1-3H3,(H,22,26). The lowest BCUT2D eigenvalue weighted by molar-refractivity contribution is -0.119. The summed E-state index contributed by atoms with van der Waals surface area (Å²) in [5.41, 5.74) is 2.32. The molecule has 0 saturated heterocycles. The fraction of sp³-hybridized carbons (Fsp3) is 0.286. The minimum absolute atomic E-state index is 0.00254. The van der Waals surface area contributed by atoms with Gasteiger partial charge in [-0.1, -0.05) is 61.5 Å². The number of carbonyl (C=O) groups is 1. The highest BCUT2D eigenvalue weighted by Gasteiger charge is 2.21. The first-order valence-corrected chi connectivity index (χ1v) is 11.3. The molecule has 3 aromatic rings. The molecule has 0 aliphatic heterocycles. The molecule has 1 N–H and O–H groups in total. The zero-order valence-corrected chi connectivity index (χ0v) is 17.9. The number of hydrogen-bond acceptors (Lipinski definition) is 6. The van der Waals surface area contributed by atoms with Gasteiger partial charge in [0.25, 0.3) is 0 Å². The van der Waals surface area contributed by atoms with Crippen molar-refractivity contribution in [2.24, 2.45) is 0 Å². The van der Waals surface area contributed by atoms with E-state index in [2.05, 4.69) is 29.3 Å². The minimum Gasteiger partial charge on any atom is -0.345 e. The van der Waals surface area contributed by atoms with Crippen molar-refractivity contribution in [3.05, 3.63) is 66.1 Å². The van der Waals surface area contributed by atoms with Crippen molar-refractivity contribution >= 4 is 21.6 Å². The summed E-state index contributed by atoms with van der Waals surface area (Å²) in [6.45, 7) is 3.76. The Morgan fingerprint density at radius 1 is 1.10 bits per heavy atom. The molecule has 30 heavy (non-hydrogen) atoms. The topological polar surface area (TPSA) is 105 Å². The summed E-state index contributed by atoms with van der Waals surface area (Å²) in [5.74, 6) is 0.495. The normalized spacial score (nSPS) is 11.5. The van der Waals surface area contributed by atoms with Gasteiger partial charge in [0.15, 0.2) is 0 Å². The van der Waals surface area contributed by atoms with Crippen LogP contribution in [0.2, 0.25) is 0 Å². The molecule has 0 unspecified atom stereocenters. The van der Waals surface area contributed by atoms with Crippen LogP contribution < -0.4 is 9.62 Å². The molecular formula is C21H24N4O4S. The van der Waals surface area contributed by atoms with Crippen LogP contribution in [0.4, 0.5) is 5.69 Å². The number of carbonyl (C=O) groups excluding carboxylic acids is 1. The van der Waals surface area contributed by atoms with E-state index >= 15 is 0 Å². The average Bonchev–Trinajstić information content (AvgIpc) is 3.19. The molecule has 9 heteroatoms. The van der Waals surface area contributed by atoms with Gasteiger partial charge < -0.3 is 9.84 Å². The third kappa shape index (κ3) is 5.44. The van der Waals surface area contributed by atoms with E-state index in [0.29, 0.717) is 17.4 Å². The molecule has 1 amide bonds. The van der Waals surface area contributed by atoms with E-state index in [1.54, 1.807) is 12.1 Å². The highest BCUT2D eigenvalue weighted by atomic mass is 32.2. The fourth-order valence-electron chi connectivity index (χ4n) is 2.82. The van der Waals surface area contributed by atoms with Crippen LogP contribution in [0.5, 0.6) is 0 Å². The van der Waals surface area contributed by atoms with Crippen LogP contribution in [0.15, 0.2) is 59.1 Å². The maximum absolute atomic E-state index is 12.4. The third-order valence-corrected chi connectivity index (χ3v) is 5.61. The first-order valence-electron chi connectivity index (χ1n) is 9.46. The number of sulfonamides is 1. The molecule has 0 aliphatic rings. The van der Waals surface area contributed by atoms with Crippen LogP contribution in [0.3, 0.4) is 0 Å². The Balaban J connectivity index is 1.65. The molecule has 0 atom stereocenters. The molecular weight excluding hydrogens is 404 g/mol. The molecule has 0 spiro atoms. The Morgan fingerprint density at radius 2 is 1.77 bits per heavy atom. The Kier molecular flexibility index (Phi) is 6.51. The molecule has 0 fully saturated rings. The number of amides is 1. The first-order chi connectivity index (χ1) is 14.2. The lowest BCUT2D eigenvalue weighted by Crippen LogP contribution is -2.40. The van der Waals surface area contributed by atoms with Crippen LogP contribution >= 0.6 is 0 Å². The van der Waals surface area contributed by atoms with Crippen molar-refractivity contribution in [3.8, 4) is 11.4 Å². The van der Waals surface area contributed by atoms with Crippen molar-refractivity contribution in [2.75, 3.05) is 17.1 Å². The second-order valence-electron chi connectivity index (χ2n) is 7.17. The molecule has 1 heterocycles. The molecule has 1 aromatic heterocycles. The van der Waals surface area contributed by atoms with E-state index < -0.39 is 15.9 Å². The van der Waals surface area contributed by atoms with Crippen molar-refractivity contribution in [1.82, 2.24) is 15.5 Å². The maximum atomic E-state index is 12.4. The zero-order chi connectivity index (χ0) is 21.7. The molecule has 0 bridgehead atoms. The Hall–Kier alpha value is -3.20. The second-order valence-corrected chi connectivity index (χ2v) is 9.08. The highest BCUT2D eigenvalue weighted by molar-refractivity contribution is 7.92. The van der Waals surface area contributed by atoms with Gasteiger partial charge in [-0.3, -0.25) is 9.10 Å². The van der Waals surface area contributed by atoms with Gasteiger partial charge in [0, 0.05) is 5.56 Å². The van der Waals surface area contributed by atoms with Crippen LogP contribution in [-0.2, 0) is 21.4 Å². The van der Waals surface area contributed by atoms with Gasteiger partial charge in [0.05, 0.1) is 18.5 Å². The summed E-state index contributed by atoms with van der Waals surface area (Å²) in [6, 6.07) is 16.4. The first kappa shape index (κ1) is 21.5. The van der Waals surface area contributed by atoms with Crippen LogP contribution in [0, 0.1) is 0 Å². The zero-order valence-electron chi connectivity index (χ0n) is 17.1. The summed E-state index contributed by atoms with van der Waals surface area (Å²) in [5, 5.41) is 6.52. The summed E-state index contributed by atoms with van der Waals surface area (Å²) >= 11 is 0. The van der Waals surface area contributed by atoms with E-state index in [-0.39, 0.29) is 19.0 Å². The van der Waals surface area contributed by atoms with E-state index in [0.717, 1.165) is 21.7 Å². The highest BCUT2D eigenvalue weighted by Crippen LogP contribution is 2.22. The van der Waals surface area contributed by atoms with Crippen molar-refractivity contribution < 1.29 is 17.7 Å². The molecule has 8 nitrogen and oxygen atoms in total. The molecule has 2 aromatic carbocycles. The van der Waals surface area contributed by atoms with E-state index in [1.807, 2.05) is 42.5 Å². The quantitative estimate of drug-likeness (QED) is 0.591. The van der Waals surface area contributed by atoms with Gasteiger partial charge in [-0.05, 0) is 23.6 Å². The summed E-state index contributed by atoms with van der Waals surface area (Å²) in [4.78, 5) is 16.6. The van der Waals surface area contributed by atoms with Gasteiger partial charge in [-0.15, -0.1) is 0 Å². The monoisotopic (exact) mass is 428 g/mol. The van der Waals surface area contributed by atoms with E-state index in [4.69, 9.17) is 4.52 Å². The number of aromatic nitrogens is 2. The lowest BCUT2D eigenvalue weighted by atomic mass is 10.0. The number of nitrogens with one attached hydrogen (secondary N) is 1. The van der Waals surface area contributed by atoms with E-state index in [1.165, 1.54) is 0 Å². The number of anilines is 1. The van der Waals surface area contributed by atoms with Gasteiger partial charge in [-0.25, -0.2) is 8.42 Å². The number of nitrogens with zero attached hydrogens (tertiary/aromatic N) is 3. The summed E-state index contributed by atoms with van der Waals surface area (Å²) < 4.78 is 30.7. The third-order valence-electron chi connectivity index (χ3n) is 4.47. The fourth-order valence-corrected chi connectivity index (χ4v) is 3.67. The Morgan fingerprint density at radius 3 is 2.37 bits per heavy atom. The summed E-state index contributed by atoms with van der Waals surface area (Å²) in [7, 11) is -3.64.